The molecule has 0 unspecified atom stereocenters. The van der Waals surface area contributed by atoms with E-state index in [1.54, 1.807) is 0 Å². The molecule has 0 fully saturated rings. The molecule has 3 heteroatoms. The lowest BCUT2D eigenvalue weighted by molar-refractivity contribution is 0.304. The summed E-state index contributed by atoms with van der Waals surface area (Å²) < 4.78 is 6.88. The van der Waals surface area contributed by atoms with Crippen LogP contribution in [-0.4, -0.2) is 0 Å². The first-order valence-electron chi connectivity index (χ1n) is 9.71. The van der Waals surface area contributed by atoms with E-state index in [1.807, 2.05) is 67.6 Å². The van der Waals surface area contributed by atoms with Gasteiger partial charge in [0.2, 0.25) is 0 Å². The molecule has 2 nitrogen and oxygen atoms in total. The molecule has 4 rings (SSSR count). The number of benzene rings is 4. The molecule has 0 heterocycles. The number of aryl methyl sites for hydroxylation is 1. The van der Waals surface area contributed by atoms with Gasteiger partial charge < -0.3 is 4.74 Å². The first-order chi connectivity index (χ1) is 14.6. The van der Waals surface area contributed by atoms with Gasteiger partial charge >= 0.3 is 0 Å². The van der Waals surface area contributed by atoms with Gasteiger partial charge in [-0.3, -0.25) is 0 Å². The van der Waals surface area contributed by atoms with Crippen LogP contribution in [0.3, 0.4) is 0 Å². The minimum absolute atomic E-state index is 0.492. The summed E-state index contributed by atoms with van der Waals surface area (Å²) in [4.78, 5) is 0. The summed E-state index contributed by atoms with van der Waals surface area (Å²) >= 11 is 3.60. The Balaban J connectivity index is 1.51. The van der Waals surface area contributed by atoms with E-state index >= 15 is 0 Å². The van der Waals surface area contributed by atoms with Crippen molar-refractivity contribution in [3.63, 3.8) is 0 Å². The van der Waals surface area contributed by atoms with Crippen molar-refractivity contribution in [2.24, 2.45) is 0 Å². The van der Waals surface area contributed by atoms with Gasteiger partial charge in [-0.05, 0) is 74.6 Å². The minimum Gasteiger partial charge on any atom is -0.488 e. The van der Waals surface area contributed by atoms with Crippen LogP contribution in [0.25, 0.3) is 22.4 Å². The van der Waals surface area contributed by atoms with Crippen LogP contribution in [0.1, 0.15) is 22.3 Å². The van der Waals surface area contributed by atoms with E-state index < -0.39 is 0 Å². The maximum atomic E-state index is 9.56. The van der Waals surface area contributed by atoms with Gasteiger partial charge in [0.25, 0.3) is 0 Å². The van der Waals surface area contributed by atoms with Crippen molar-refractivity contribution in [3.05, 3.63) is 112 Å². The fraction of sp³-hybridized carbons (Fsp3) is 0.0741. The van der Waals surface area contributed by atoms with E-state index in [0.29, 0.717) is 12.2 Å². The number of allylic oxidation sites excluding steroid dienone is 1. The van der Waals surface area contributed by atoms with Crippen LogP contribution in [0.15, 0.2) is 89.4 Å². The van der Waals surface area contributed by atoms with Gasteiger partial charge in [0.05, 0.1) is 16.1 Å². The average Bonchev–Trinajstić information content (AvgIpc) is 2.77. The first kappa shape index (κ1) is 19.9. The normalized spacial score (nSPS) is 11.3. The van der Waals surface area contributed by atoms with E-state index in [0.717, 1.165) is 26.9 Å². The van der Waals surface area contributed by atoms with Crippen molar-refractivity contribution in [2.75, 3.05) is 0 Å². The number of fused-ring (bicyclic) bond motifs is 1. The van der Waals surface area contributed by atoms with Crippen molar-refractivity contribution in [1.82, 2.24) is 0 Å². The molecule has 0 radical (unpaired) electrons. The molecule has 0 bridgehead atoms. The Morgan fingerprint density at radius 1 is 0.933 bits per heavy atom. The average molecular weight is 454 g/mol. The third kappa shape index (κ3) is 4.62. The lowest BCUT2D eigenvalue weighted by atomic mass is 10.0. The van der Waals surface area contributed by atoms with Crippen molar-refractivity contribution in [2.45, 2.75) is 13.5 Å². The Bertz CT molecular complexity index is 1270. The summed E-state index contributed by atoms with van der Waals surface area (Å²) in [6.45, 7) is 2.53. The maximum Gasteiger partial charge on any atom is 0.134 e. The highest BCUT2D eigenvalue weighted by Crippen LogP contribution is 2.29. The summed E-state index contributed by atoms with van der Waals surface area (Å²) in [6.07, 6.45) is 1.89. The Hall–Kier alpha value is -3.35. The SMILES string of the molecule is Cc1ccc(/C(C#N)=C\c2ccc(OCc3ccc4ccccc4c3)c(Br)c2)cc1. The monoisotopic (exact) mass is 453 g/mol. The third-order valence-corrected chi connectivity index (χ3v) is 5.58. The van der Waals surface area contributed by atoms with Crippen LogP contribution in [0.4, 0.5) is 0 Å². The van der Waals surface area contributed by atoms with Crippen LogP contribution >= 0.6 is 15.9 Å². The zero-order valence-corrected chi connectivity index (χ0v) is 18.2. The lowest BCUT2D eigenvalue weighted by Gasteiger charge is -2.10. The van der Waals surface area contributed by atoms with Gasteiger partial charge in [0.15, 0.2) is 0 Å². The zero-order chi connectivity index (χ0) is 20.9. The van der Waals surface area contributed by atoms with E-state index in [4.69, 9.17) is 4.74 Å². The second kappa shape index (κ2) is 8.98. The molecule has 0 aromatic heterocycles. The van der Waals surface area contributed by atoms with E-state index in [-0.39, 0.29) is 0 Å². The van der Waals surface area contributed by atoms with Crippen LogP contribution in [-0.2, 0) is 6.61 Å². The molecular formula is C27H20BrNO. The van der Waals surface area contributed by atoms with Crippen LogP contribution in [0.5, 0.6) is 5.75 Å². The molecule has 4 aromatic rings. The highest BCUT2D eigenvalue weighted by atomic mass is 79.9. The number of halogens is 1. The summed E-state index contributed by atoms with van der Waals surface area (Å²) in [5.41, 5.74) is 4.78. The van der Waals surface area contributed by atoms with Crippen LogP contribution in [0, 0.1) is 18.3 Å². The van der Waals surface area contributed by atoms with E-state index in [2.05, 4.69) is 52.3 Å². The molecule has 30 heavy (non-hydrogen) atoms. The Labute approximate surface area is 185 Å². The van der Waals surface area contributed by atoms with Gasteiger partial charge in [0, 0.05) is 0 Å². The molecule has 0 aliphatic rings. The molecule has 0 amide bonds. The maximum absolute atomic E-state index is 9.56. The van der Waals surface area contributed by atoms with Crippen molar-refractivity contribution < 1.29 is 4.74 Å². The predicted octanol–water partition coefficient (Wildman–Crippen LogP) is 7.55. The second-order valence-electron chi connectivity index (χ2n) is 7.20. The van der Waals surface area contributed by atoms with Crippen LogP contribution < -0.4 is 4.74 Å². The fourth-order valence-electron chi connectivity index (χ4n) is 3.29. The molecule has 0 saturated heterocycles. The number of nitrogens with zero attached hydrogens (tertiary/aromatic N) is 1. The van der Waals surface area contributed by atoms with E-state index in [1.165, 1.54) is 16.3 Å². The summed E-state index contributed by atoms with van der Waals surface area (Å²) in [5.74, 6) is 0.772. The highest BCUT2D eigenvalue weighted by Gasteiger charge is 2.06. The topological polar surface area (TPSA) is 33.0 Å². The van der Waals surface area contributed by atoms with Crippen molar-refractivity contribution in [3.8, 4) is 11.8 Å². The standard InChI is InChI=1S/C27H20BrNO/c1-19-6-10-23(11-7-19)25(17-29)14-20-9-13-27(26(28)16-20)30-18-21-8-12-22-4-2-3-5-24(22)15-21/h2-16H,18H2,1H3/b25-14-. The number of hydrogen-bond acceptors (Lipinski definition) is 2. The van der Waals surface area contributed by atoms with Gasteiger partial charge in [0.1, 0.15) is 12.4 Å². The molecule has 4 aromatic carbocycles. The zero-order valence-electron chi connectivity index (χ0n) is 16.6. The number of ether oxygens (including phenoxy) is 1. The lowest BCUT2D eigenvalue weighted by Crippen LogP contribution is -1.96. The highest BCUT2D eigenvalue weighted by molar-refractivity contribution is 9.10. The Morgan fingerprint density at radius 2 is 1.70 bits per heavy atom. The third-order valence-electron chi connectivity index (χ3n) is 4.96. The Kier molecular flexibility index (Phi) is 5.97. The summed E-state index contributed by atoms with van der Waals surface area (Å²) in [6, 6.07) is 30.8. The van der Waals surface area contributed by atoms with Crippen LogP contribution in [0.2, 0.25) is 0 Å². The van der Waals surface area contributed by atoms with Crippen molar-refractivity contribution >= 4 is 38.4 Å². The predicted molar refractivity (Wildman–Crippen MR) is 127 cm³/mol. The summed E-state index contributed by atoms with van der Waals surface area (Å²) in [7, 11) is 0. The largest absolute Gasteiger partial charge is 0.488 e. The summed E-state index contributed by atoms with van der Waals surface area (Å²) in [5, 5.41) is 12.0. The Morgan fingerprint density at radius 3 is 2.43 bits per heavy atom. The first-order valence-corrected chi connectivity index (χ1v) is 10.5. The number of hydrogen-bond donors (Lipinski definition) is 0. The number of rotatable bonds is 5. The second-order valence-corrected chi connectivity index (χ2v) is 8.05. The van der Waals surface area contributed by atoms with Crippen molar-refractivity contribution in [1.29, 1.82) is 5.26 Å². The molecular weight excluding hydrogens is 434 g/mol. The smallest absolute Gasteiger partial charge is 0.134 e. The van der Waals surface area contributed by atoms with Gasteiger partial charge in [-0.2, -0.15) is 5.26 Å². The number of nitriles is 1. The van der Waals surface area contributed by atoms with Gasteiger partial charge in [-0.1, -0.05) is 72.3 Å². The molecule has 0 aliphatic carbocycles. The molecule has 0 aliphatic heterocycles. The molecule has 0 atom stereocenters. The molecule has 146 valence electrons. The molecule has 0 spiro atoms. The minimum atomic E-state index is 0.492. The fourth-order valence-corrected chi connectivity index (χ4v) is 3.80. The molecule has 0 saturated carbocycles. The van der Waals surface area contributed by atoms with Gasteiger partial charge in [-0.25, -0.2) is 0 Å². The molecule has 0 N–H and O–H groups in total. The quantitative estimate of drug-likeness (QED) is 0.230. The van der Waals surface area contributed by atoms with Gasteiger partial charge in [-0.15, -0.1) is 0 Å². The van der Waals surface area contributed by atoms with E-state index in [9.17, 15) is 5.26 Å².